The van der Waals surface area contributed by atoms with Gasteiger partial charge in [-0.2, -0.15) is 5.10 Å². The first-order valence-corrected chi connectivity index (χ1v) is 9.44. The van der Waals surface area contributed by atoms with E-state index < -0.39 is 5.91 Å². The number of hydrogen-bond acceptors (Lipinski definition) is 4. The Balaban J connectivity index is 1.44. The maximum Gasteiger partial charge on any atom is 0.276 e. The number of nitrogens with zero attached hydrogens (tertiary/aromatic N) is 2. The zero-order valence-corrected chi connectivity index (χ0v) is 16.1. The van der Waals surface area contributed by atoms with Crippen LogP contribution < -0.4 is 15.6 Å². The average Bonchev–Trinajstić information content (AvgIpc) is 2.78. The molecule has 4 aromatic rings. The summed E-state index contributed by atoms with van der Waals surface area (Å²) >= 11 is 0. The Labute approximate surface area is 173 Å². The maximum absolute atomic E-state index is 12.6. The van der Waals surface area contributed by atoms with E-state index in [-0.39, 0.29) is 11.3 Å². The van der Waals surface area contributed by atoms with Gasteiger partial charge in [-0.3, -0.25) is 9.59 Å². The van der Waals surface area contributed by atoms with Crippen molar-refractivity contribution in [2.75, 3.05) is 5.32 Å². The highest BCUT2D eigenvalue weighted by molar-refractivity contribution is 6.02. The molecule has 6 nitrogen and oxygen atoms in total. The van der Waals surface area contributed by atoms with E-state index in [1.165, 1.54) is 16.8 Å². The number of para-hydroxylation sites is 1. The van der Waals surface area contributed by atoms with E-state index in [9.17, 15) is 9.59 Å². The van der Waals surface area contributed by atoms with E-state index in [4.69, 9.17) is 4.74 Å². The van der Waals surface area contributed by atoms with Gasteiger partial charge in [-0.1, -0.05) is 48.5 Å². The summed E-state index contributed by atoms with van der Waals surface area (Å²) in [6.07, 6.45) is 0. The molecule has 1 heterocycles. The number of amides is 1. The third kappa shape index (κ3) is 4.80. The van der Waals surface area contributed by atoms with Crippen molar-refractivity contribution in [1.82, 2.24) is 9.78 Å². The minimum Gasteiger partial charge on any atom is -0.457 e. The van der Waals surface area contributed by atoms with Crippen LogP contribution in [0.4, 0.5) is 5.69 Å². The second-order valence-corrected chi connectivity index (χ2v) is 6.59. The molecule has 0 spiro atoms. The normalized spacial score (nSPS) is 10.4. The fraction of sp³-hybridized carbons (Fsp3) is 0.0417. The third-order valence-electron chi connectivity index (χ3n) is 4.37. The molecule has 1 N–H and O–H groups in total. The van der Waals surface area contributed by atoms with Crippen LogP contribution in [0.25, 0.3) is 0 Å². The number of aromatic nitrogens is 2. The number of carbonyl (C=O) groups excluding carboxylic acids is 1. The Hall–Kier alpha value is -4.19. The van der Waals surface area contributed by atoms with Gasteiger partial charge in [-0.05, 0) is 48.0 Å². The van der Waals surface area contributed by atoms with Crippen molar-refractivity contribution in [2.45, 2.75) is 6.54 Å². The lowest BCUT2D eigenvalue weighted by Crippen LogP contribution is -2.26. The summed E-state index contributed by atoms with van der Waals surface area (Å²) in [6.45, 7) is 0.298. The largest absolute Gasteiger partial charge is 0.457 e. The van der Waals surface area contributed by atoms with Crippen LogP contribution in [0.2, 0.25) is 0 Å². The van der Waals surface area contributed by atoms with E-state index in [2.05, 4.69) is 10.4 Å². The smallest absolute Gasteiger partial charge is 0.276 e. The topological polar surface area (TPSA) is 73.2 Å². The fourth-order valence-corrected chi connectivity index (χ4v) is 2.87. The SMILES string of the molecule is O=C(Nc1ccc(Oc2ccccc2)cc1)c1ccc(=O)n(Cc2ccccc2)n1. The number of carbonyl (C=O) groups is 1. The van der Waals surface area contributed by atoms with E-state index in [0.29, 0.717) is 18.0 Å². The molecule has 4 rings (SSSR count). The lowest BCUT2D eigenvalue weighted by atomic mass is 10.2. The Kier molecular flexibility index (Phi) is 5.66. The molecule has 0 aliphatic heterocycles. The molecule has 148 valence electrons. The van der Waals surface area contributed by atoms with Crippen molar-refractivity contribution in [1.29, 1.82) is 0 Å². The van der Waals surface area contributed by atoms with E-state index in [0.717, 1.165) is 11.3 Å². The summed E-state index contributed by atoms with van der Waals surface area (Å²) in [5, 5.41) is 6.99. The fourth-order valence-electron chi connectivity index (χ4n) is 2.87. The molecule has 0 atom stereocenters. The van der Waals surface area contributed by atoms with Crippen molar-refractivity contribution >= 4 is 11.6 Å². The highest BCUT2D eigenvalue weighted by Gasteiger charge is 2.11. The van der Waals surface area contributed by atoms with E-state index in [1.54, 1.807) is 24.3 Å². The van der Waals surface area contributed by atoms with Gasteiger partial charge >= 0.3 is 0 Å². The summed E-state index contributed by atoms with van der Waals surface area (Å²) in [7, 11) is 0. The van der Waals surface area contributed by atoms with Crippen LogP contribution in [0.1, 0.15) is 16.1 Å². The molecule has 0 fully saturated rings. The van der Waals surface area contributed by atoms with Gasteiger partial charge in [-0.25, -0.2) is 4.68 Å². The van der Waals surface area contributed by atoms with E-state index >= 15 is 0 Å². The number of hydrogen-bond donors (Lipinski definition) is 1. The lowest BCUT2D eigenvalue weighted by Gasteiger charge is -2.09. The molecule has 3 aromatic carbocycles. The number of ether oxygens (including phenoxy) is 1. The first kappa shape index (κ1) is 19.1. The van der Waals surface area contributed by atoms with Crippen LogP contribution in [0.15, 0.2) is 102 Å². The predicted octanol–water partition coefficient (Wildman–Crippen LogP) is 4.34. The van der Waals surface area contributed by atoms with Crippen LogP contribution >= 0.6 is 0 Å². The molecule has 0 radical (unpaired) electrons. The van der Waals surface area contributed by atoms with Crippen LogP contribution in [-0.2, 0) is 6.54 Å². The number of nitrogens with one attached hydrogen (secondary N) is 1. The van der Waals surface area contributed by atoms with Gasteiger partial charge in [0.15, 0.2) is 0 Å². The first-order chi connectivity index (χ1) is 14.7. The summed E-state index contributed by atoms with van der Waals surface area (Å²) in [4.78, 5) is 24.7. The highest BCUT2D eigenvalue weighted by Crippen LogP contribution is 2.22. The molecular formula is C24H19N3O3. The van der Waals surface area contributed by atoms with Gasteiger partial charge in [0.05, 0.1) is 6.54 Å². The molecule has 1 amide bonds. The zero-order valence-electron chi connectivity index (χ0n) is 16.1. The molecule has 0 saturated heterocycles. The number of anilines is 1. The standard InChI is InChI=1S/C24H19N3O3/c28-23-16-15-22(26-27(23)17-18-7-3-1-4-8-18)24(29)25-19-11-13-21(14-12-19)30-20-9-5-2-6-10-20/h1-16H,17H2,(H,25,29). The predicted molar refractivity (Wildman–Crippen MR) is 115 cm³/mol. The molecule has 1 aromatic heterocycles. The number of benzene rings is 3. The second-order valence-electron chi connectivity index (χ2n) is 6.59. The van der Waals surface area contributed by atoms with Gasteiger partial charge in [0.2, 0.25) is 0 Å². The Bertz CT molecular complexity index is 1190. The number of rotatable bonds is 6. The van der Waals surface area contributed by atoms with Crippen LogP contribution in [0.5, 0.6) is 11.5 Å². The maximum atomic E-state index is 12.6. The minimum absolute atomic E-state index is 0.162. The monoisotopic (exact) mass is 397 g/mol. The van der Waals surface area contributed by atoms with Crippen molar-refractivity contribution in [3.05, 3.63) is 119 Å². The van der Waals surface area contributed by atoms with Gasteiger partial charge in [-0.15, -0.1) is 0 Å². The van der Waals surface area contributed by atoms with Crippen LogP contribution in [0, 0.1) is 0 Å². The molecular weight excluding hydrogens is 378 g/mol. The quantitative estimate of drug-likeness (QED) is 0.525. The lowest BCUT2D eigenvalue weighted by molar-refractivity contribution is 0.102. The van der Waals surface area contributed by atoms with Crippen LogP contribution in [0.3, 0.4) is 0 Å². The van der Waals surface area contributed by atoms with Gasteiger partial charge in [0, 0.05) is 11.8 Å². The molecule has 0 bridgehead atoms. The molecule has 30 heavy (non-hydrogen) atoms. The first-order valence-electron chi connectivity index (χ1n) is 9.44. The summed E-state index contributed by atoms with van der Waals surface area (Å²) in [6, 6.07) is 28.7. The summed E-state index contributed by atoms with van der Waals surface area (Å²) in [5.74, 6) is 1.00. The van der Waals surface area contributed by atoms with Crippen molar-refractivity contribution in [3.63, 3.8) is 0 Å². The van der Waals surface area contributed by atoms with Gasteiger partial charge in [0.1, 0.15) is 17.2 Å². The average molecular weight is 397 g/mol. The van der Waals surface area contributed by atoms with Gasteiger partial charge in [0.25, 0.3) is 11.5 Å². The Morgan fingerprint density at radius 1 is 0.800 bits per heavy atom. The van der Waals surface area contributed by atoms with E-state index in [1.807, 2.05) is 60.7 Å². The second kappa shape index (κ2) is 8.87. The summed E-state index contributed by atoms with van der Waals surface area (Å²) in [5.41, 5.74) is 1.43. The third-order valence-corrected chi connectivity index (χ3v) is 4.37. The molecule has 0 saturated carbocycles. The highest BCUT2D eigenvalue weighted by atomic mass is 16.5. The molecule has 6 heteroatoms. The van der Waals surface area contributed by atoms with Crippen molar-refractivity contribution < 1.29 is 9.53 Å². The molecule has 0 aliphatic rings. The van der Waals surface area contributed by atoms with Crippen LogP contribution in [-0.4, -0.2) is 15.7 Å². The van der Waals surface area contributed by atoms with Crippen molar-refractivity contribution in [3.8, 4) is 11.5 Å². The Morgan fingerprint density at radius 2 is 1.43 bits per heavy atom. The zero-order chi connectivity index (χ0) is 20.8. The minimum atomic E-state index is -0.395. The van der Waals surface area contributed by atoms with Gasteiger partial charge < -0.3 is 10.1 Å². The Morgan fingerprint density at radius 3 is 2.13 bits per heavy atom. The molecule has 0 aliphatic carbocycles. The molecule has 0 unspecified atom stereocenters. The van der Waals surface area contributed by atoms with Crippen molar-refractivity contribution in [2.24, 2.45) is 0 Å². The summed E-state index contributed by atoms with van der Waals surface area (Å²) < 4.78 is 7.02.